The zero-order chi connectivity index (χ0) is 15.9. The van der Waals surface area contributed by atoms with Crippen molar-refractivity contribution in [2.75, 3.05) is 30.6 Å². The Labute approximate surface area is 130 Å². The summed E-state index contributed by atoms with van der Waals surface area (Å²) >= 11 is 0. The molecule has 2 atom stereocenters. The molecular formula is C15H25NO3S2. The van der Waals surface area contributed by atoms with Crippen LogP contribution in [0.1, 0.15) is 30.5 Å². The molecule has 6 heteroatoms. The third-order valence-corrected chi connectivity index (χ3v) is 5.87. The van der Waals surface area contributed by atoms with E-state index in [1.165, 1.54) is 11.8 Å². The number of hydrogen-bond acceptors (Lipinski definition) is 4. The molecular weight excluding hydrogens is 306 g/mol. The SMILES string of the molecule is CCCc1ccc(C(CS(=O)CCS(C)(=O)=O)NC)cc1. The quantitative estimate of drug-likeness (QED) is 0.748. The van der Waals surface area contributed by atoms with Crippen LogP contribution in [-0.2, 0) is 27.1 Å². The second kappa shape index (κ2) is 8.66. The lowest BCUT2D eigenvalue weighted by molar-refractivity contribution is 0.602. The molecule has 0 saturated carbocycles. The van der Waals surface area contributed by atoms with Gasteiger partial charge in [-0.1, -0.05) is 37.6 Å². The van der Waals surface area contributed by atoms with Gasteiger partial charge in [-0.3, -0.25) is 4.21 Å². The summed E-state index contributed by atoms with van der Waals surface area (Å²) in [5, 5.41) is 3.16. The maximum Gasteiger partial charge on any atom is 0.148 e. The Morgan fingerprint density at radius 1 is 1.24 bits per heavy atom. The highest BCUT2D eigenvalue weighted by Gasteiger charge is 2.14. The van der Waals surface area contributed by atoms with Gasteiger partial charge in [0.1, 0.15) is 9.84 Å². The van der Waals surface area contributed by atoms with Crippen LogP contribution >= 0.6 is 0 Å². The molecule has 120 valence electrons. The molecule has 0 fully saturated rings. The molecule has 0 aliphatic heterocycles. The molecule has 0 amide bonds. The number of nitrogens with one attached hydrogen (secondary N) is 1. The summed E-state index contributed by atoms with van der Waals surface area (Å²) in [6, 6.07) is 8.30. The minimum Gasteiger partial charge on any atom is -0.312 e. The molecule has 21 heavy (non-hydrogen) atoms. The van der Waals surface area contributed by atoms with Gasteiger partial charge in [-0.05, 0) is 24.6 Å². The van der Waals surface area contributed by atoms with Crippen LogP contribution in [-0.4, -0.2) is 43.2 Å². The standard InChI is InChI=1S/C15H25NO3S2/c1-4-5-13-6-8-14(9-7-13)15(16-2)12-20(17)10-11-21(3,18)19/h6-9,15-16H,4-5,10-12H2,1-3H3. The van der Waals surface area contributed by atoms with Crippen LogP contribution in [0.4, 0.5) is 0 Å². The minimum atomic E-state index is -3.05. The number of aryl methyl sites for hydroxylation is 1. The van der Waals surface area contributed by atoms with Crippen molar-refractivity contribution in [1.82, 2.24) is 5.32 Å². The lowest BCUT2D eigenvalue weighted by Crippen LogP contribution is -2.25. The van der Waals surface area contributed by atoms with E-state index >= 15 is 0 Å². The third-order valence-electron chi connectivity index (χ3n) is 3.30. The molecule has 0 aliphatic rings. The van der Waals surface area contributed by atoms with E-state index in [2.05, 4.69) is 36.5 Å². The predicted molar refractivity (Wildman–Crippen MR) is 89.8 cm³/mol. The number of benzene rings is 1. The van der Waals surface area contributed by atoms with Gasteiger partial charge in [0.05, 0.1) is 5.75 Å². The Kier molecular flexibility index (Phi) is 7.56. The van der Waals surface area contributed by atoms with E-state index in [-0.39, 0.29) is 17.5 Å². The van der Waals surface area contributed by atoms with Crippen molar-refractivity contribution in [1.29, 1.82) is 0 Å². The monoisotopic (exact) mass is 331 g/mol. The van der Waals surface area contributed by atoms with Gasteiger partial charge in [-0.15, -0.1) is 0 Å². The van der Waals surface area contributed by atoms with Gasteiger partial charge < -0.3 is 5.32 Å². The van der Waals surface area contributed by atoms with Gasteiger partial charge in [-0.2, -0.15) is 0 Å². The summed E-state index contributed by atoms with van der Waals surface area (Å²) in [5.41, 5.74) is 2.39. The fraction of sp³-hybridized carbons (Fsp3) is 0.600. The molecule has 0 heterocycles. The van der Waals surface area contributed by atoms with Gasteiger partial charge in [0, 0.05) is 34.6 Å². The molecule has 0 spiro atoms. The third kappa shape index (κ3) is 7.20. The molecule has 4 nitrogen and oxygen atoms in total. The summed E-state index contributed by atoms with van der Waals surface area (Å²) in [4.78, 5) is 0. The van der Waals surface area contributed by atoms with E-state index in [9.17, 15) is 12.6 Å². The van der Waals surface area contributed by atoms with E-state index in [0.717, 1.165) is 18.4 Å². The average molecular weight is 332 g/mol. The molecule has 1 aromatic rings. The average Bonchev–Trinajstić information content (AvgIpc) is 2.43. The normalized spacial score (nSPS) is 14.8. The summed E-state index contributed by atoms with van der Waals surface area (Å²) in [6.45, 7) is 2.15. The van der Waals surface area contributed by atoms with Gasteiger partial charge >= 0.3 is 0 Å². The smallest absolute Gasteiger partial charge is 0.148 e. The van der Waals surface area contributed by atoms with Crippen LogP contribution in [0.2, 0.25) is 0 Å². The Hall–Kier alpha value is -0.720. The van der Waals surface area contributed by atoms with Crippen molar-refractivity contribution in [2.45, 2.75) is 25.8 Å². The van der Waals surface area contributed by atoms with Crippen molar-refractivity contribution in [2.24, 2.45) is 0 Å². The van der Waals surface area contributed by atoms with Crippen molar-refractivity contribution in [3.05, 3.63) is 35.4 Å². The largest absolute Gasteiger partial charge is 0.312 e. The van der Waals surface area contributed by atoms with Crippen molar-refractivity contribution in [3.8, 4) is 0 Å². The van der Waals surface area contributed by atoms with Crippen LogP contribution in [0.3, 0.4) is 0 Å². The van der Waals surface area contributed by atoms with Gasteiger partial charge in [0.2, 0.25) is 0 Å². The zero-order valence-corrected chi connectivity index (χ0v) is 14.6. The summed E-state index contributed by atoms with van der Waals surface area (Å²) in [7, 11) is -2.37. The van der Waals surface area contributed by atoms with Crippen molar-refractivity contribution >= 4 is 20.6 Å². The number of sulfone groups is 1. The molecule has 0 saturated heterocycles. The molecule has 1 rings (SSSR count). The highest BCUT2D eigenvalue weighted by Crippen LogP contribution is 2.16. The second-order valence-corrected chi connectivity index (χ2v) is 9.15. The van der Waals surface area contributed by atoms with Crippen LogP contribution in [0.5, 0.6) is 0 Å². The first-order valence-electron chi connectivity index (χ1n) is 7.14. The van der Waals surface area contributed by atoms with Crippen LogP contribution in [0.25, 0.3) is 0 Å². The maximum absolute atomic E-state index is 12.0. The highest BCUT2D eigenvalue weighted by atomic mass is 32.2. The Morgan fingerprint density at radius 2 is 1.86 bits per heavy atom. The summed E-state index contributed by atoms with van der Waals surface area (Å²) in [6.07, 6.45) is 3.35. The molecule has 0 bridgehead atoms. The van der Waals surface area contributed by atoms with Crippen LogP contribution in [0.15, 0.2) is 24.3 Å². The van der Waals surface area contributed by atoms with Gasteiger partial charge in [-0.25, -0.2) is 8.42 Å². The summed E-state index contributed by atoms with van der Waals surface area (Å²) < 4.78 is 34.2. The van der Waals surface area contributed by atoms with E-state index < -0.39 is 20.6 Å². The fourth-order valence-electron chi connectivity index (χ4n) is 2.07. The molecule has 2 unspecified atom stereocenters. The van der Waals surface area contributed by atoms with E-state index in [1.54, 1.807) is 0 Å². The Morgan fingerprint density at radius 3 is 2.33 bits per heavy atom. The molecule has 0 radical (unpaired) electrons. The first kappa shape index (κ1) is 18.3. The van der Waals surface area contributed by atoms with Crippen LogP contribution in [0, 0.1) is 0 Å². The van der Waals surface area contributed by atoms with E-state index in [0.29, 0.717) is 5.75 Å². The fourth-order valence-corrected chi connectivity index (χ4v) is 4.92. The highest BCUT2D eigenvalue weighted by molar-refractivity contribution is 7.92. The molecule has 1 aromatic carbocycles. The first-order valence-corrected chi connectivity index (χ1v) is 10.7. The minimum absolute atomic E-state index is 0.0129. The maximum atomic E-state index is 12.0. The van der Waals surface area contributed by atoms with Gasteiger partial charge in [0.25, 0.3) is 0 Å². The predicted octanol–water partition coefficient (Wildman–Crippen LogP) is 1.69. The van der Waals surface area contributed by atoms with Crippen LogP contribution < -0.4 is 5.32 Å². The van der Waals surface area contributed by atoms with Crippen molar-refractivity contribution < 1.29 is 12.6 Å². The zero-order valence-electron chi connectivity index (χ0n) is 13.0. The summed E-state index contributed by atoms with van der Waals surface area (Å²) in [5.74, 6) is 0.607. The topological polar surface area (TPSA) is 63.2 Å². The Balaban J connectivity index is 2.63. The molecule has 1 N–H and O–H groups in total. The lowest BCUT2D eigenvalue weighted by Gasteiger charge is -2.16. The van der Waals surface area contributed by atoms with E-state index in [1.807, 2.05) is 7.05 Å². The number of rotatable bonds is 9. The molecule has 0 aliphatic carbocycles. The first-order chi connectivity index (χ1) is 9.85. The second-order valence-electron chi connectivity index (χ2n) is 5.27. The lowest BCUT2D eigenvalue weighted by atomic mass is 10.0. The number of hydrogen-bond donors (Lipinski definition) is 1. The Bertz CT molecular complexity index is 553. The van der Waals surface area contributed by atoms with Crippen molar-refractivity contribution in [3.63, 3.8) is 0 Å². The van der Waals surface area contributed by atoms with E-state index in [4.69, 9.17) is 0 Å². The molecule has 0 aromatic heterocycles. The van der Waals surface area contributed by atoms with Gasteiger partial charge in [0.15, 0.2) is 0 Å².